The lowest BCUT2D eigenvalue weighted by Crippen LogP contribution is -2.45. The molecule has 0 aromatic heterocycles. The van der Waals surface area contributed by atoms with Gasteiger partial charge in [-0.1, -0.05) is 41.5 Å². The number of likely N-dealkylation sites (tertiary alicyclic amines) is 1. The lowest BCUT2D eigenvalue weighted by molar-refractivity contribution is -0.126. The molecule has 0 radical (unpaired) electrons. The molecule has 1 heterocycles. The number of carbonyl (C=O) groups is 2. The first-order valence-electron chi connectivity index (χ1n) is 10.8. The highest BCUT2D eigenvalue weighted by Gasteiger charge is 2.29. The van der Waals surface area contributed by atoms with Gasteiger partial charge in [-0.15, -0.1) is 0 Å². The summed E-state index contributed by atoms with van der Waals surface area (Å²) in [6.07, 6.45) is 1.66. The zero-order chi connectivity index (χ0) is 21.5. The fourth-order valence-electron chi connectivity index (χ4n) is 3.96. The van der Waals surface area contributed by atoms with Gasteiger partial charge < -0.3 is 15.0 Å². The molecule has 30 heavy (non-hydrogen) atoms. The Labute approximate surface area is 179 Å². The molecule has 1 fully saturated rings. The molecule has 1 unspecified atom stereocenters. The maximum Gasteiger partial charge on any atom is 0.253 e. The van der Waals surface area contributed by atoms with E-state index in [0.29, 0.717) is 38.4 Å². The Bertz CT molecular complexity index is 856. The number of benzene rings is 2. The number of hydrogen-bond acceptors (Lipinski definition) is 3. The molecular formula is C25H32N2O3. The quantitative estimate of drug-likeness (QED) is 0.753. The Hall–Kier alpha value is -2.66. The van der Waals surface area contributed by atoms with Gasteiger partial charge in [0.1, 0.15) is 0 Å². The van der Waals surface area contributed by atoms with Gasteiger partial charge >= 0.3 is 0 Å². The Kier molecular flexibility index (Phi) is 7.63. The van der Waals surface area contributed by atoms with E-state index in [1.807, 2.05) is 62.1 Å². The maximum atomic E-state index is 12.9. The van der Waals surface area contributed by atoms with Crippen LogP contribution >= 0.6 is 0 Å². The van der Waals surface area contributed by atoms with Crippen LogP contribution in [0, 0.1) is 19.8 Å². The van der Waals surface area contributed by atoms with E-state index < -0.39 is 0 Å². The lowest BCUT2D eigenvalue weighted by Gasteiger charge is -2.32. The van der Waals surface area contributed by atoms with Crippen molar-refractivity contribution in [1.29, 1.82) is 0 Å². The molecule has 3 rings (SSSR count). The first-order valence-corrected chi connectivity index (χ1v) is 10.8. The van der Waals surface area contributed by atoms with E-state index in [1.54, 1.807) is 0 Å². The number of piperidine rings is 1. The zero-order valence-electron chi connectivity index (χ0n) is 18.2. The molecule has 5 heteroatoms. The van der Waals surface area contributed by atoms with Crippen LogP contribution in [0.4, 0.5) is 0 Å². The van der Waals surface area contributed by atoms with Gasteiger partial charge in [-0.2, -0.15) is 0 Å². The lowest BCUT2D eigenvalue weighted by atomic mass is 9.96. The van der Waals surface area contributed by atoms with Crippen molar-refractivity contribution in [3.05, 3.63) is 70.3 Å². The van der Waals surface area contributed by atoms with Gasteiger partial charge in [-0.05, 0) is 56.9 Å². The van der Waals surface area contributed by atoms with Crippen LogP contribution < -0.4 is 5.32 Å². The van der Waals surface area contributed by atoms with Gasteiger partial charge in [0, 0.05) is 31.8 Å². The van der Waals surface area contributed by atoms with Crippen LogP contribution in [0.5, 0.6) is 0 Å². The van der Waals surface area contributed by atoms with E-state index in [-0.39, 0.29) is 17.7 Å². The molecule has 0 aliphatic carbocycles. The first kappa shape index (κ1) is 22.0. The summed E-state index contributed by atoms with van der Waals surface area (Å²) in [4.78, 5) is 27.5. The van der Waals surface area contributed by atoms with Gasteiger partial charge in [0.05, 0.1) is 12.5 Å². The van der Waals surface area contributed by atoms with E-state index in [9.17, 15) is 9.59 Å². The Morgan fingerprint density at radius 2 is 1.73 bits per heavy atom. The molecule has 1 aliphatic rings. The number of amides is 2. The van der Waals surface area contributed by atoms with Crippen LogP contribution in [0.1, 0.15) is 52.4 Å². The van der Waals surface area contributed by atoms with Crippen molar-refractivity contribution >= 4 is 11.8 Å². The van der Waals surface area contributed by atoms with Crippen LogP contribution in [0.25, 0.3) is 0 Å². The fraction of sp³-hybridized carbons (Fsp3) is 0.440. The second kappa shape index (κ2) is 10.4. The molecule has 0 bridgehead atoms. The third kappa shape index (κ3) is 5.92. The second-order valence-electron chi connectivity index (χ2n) is 8.14. The average Bonchev–Trinajstić information content (AvgIpc) is 2.75. The van der Waals surface area contributed by atoms with Gasteiger partial charge in [-0.25, -0.2) is 0 Å². The Balaban J connectivity index is 1.54. The highest BCUT2D eigenvalue weighted by atomic mass is 16.5. The predicted molar refractivity (Wildman–Crippen MR) is 118 cm³/mol. The summed E-state index contributed by atoms with van der Waals surface area (Å²) >= 11 is 0. The van der Waals surface area contributed by atoms with Crippen LogP contribution in [-0.2, 0) is 22.7 Å². The number of rotatable bonds is 7. The summed E-state index contributed by atoms with van der Waals surface area (Å²) in [6, 6.07) is 14.0. The number of hydrogen-bond donors (Lipinski definition) is 1. The van der Waals surface area contributed by atoms with Crippen LogP contribution in [0.3, 0.4) is 0 Å². The topological polar surface area (TPSA) is 58.6 Å². The summed E-state index contributed by atoms with van der Waals surface area (Å²) in [5, 5.41) is 3.04. The zero-order valence-corrected chi connectivity index (χ0v) is 18.2. The molecule has 1 saturated heterocycles. The first-order chi connectivity index (χ1) is 14.5. The molecule has 0 saturated carbocycles. The summed E-state index contributed by atoms with van der Waals surface area (Å²) < 4.78 is 5.41. The maximum absolute atomic E-state index is 12.9. The van der Waals surface area contributed by atoms with Crippen molar-refractivity contribution in [3.8, 4) is 0 Å². The third-order valence-electron chi connectivity index (χ3n) is 5.51. The normalized spacial score (nSPS) is 16.4. The molecule has 1 N–H and O–H groups in total. The monoisotopic (exact) mass is 408 g/mol. The average molecular weight is 409 g/mol. The molecule has 160 valence electrons. The molecule has 1 atom stereocenters. The molecule has 2 aromatic carbocycles. The largest absolute Gasteiger partial charge is 0.377 e. The van der Waals surface area contributed by atoms with Gasteiger partial charge in [0.2, 0.25) is 5.91 Å². The van der Waals surface area contributed by atoms with Crippen molar-refractivity contribution in [2.24, 2.45) is 5.92 Å². The second-order valence-corrected chi connectivity index (χ2v) is 8.14. The molecule has 2 amide bonds. The van der Waals surface area contributed by atoms with E-state index in [1.165, 1.54) is 0 Å². The van der Waals surface area contributed by atoms with Crippen LogP contribution in [0.2, 0.25) is 0 Å². The van der Waals surface area contributed by atoms with Crippen LogP contribution in [0.15, 0.2) is 42.5 Å². The summed E-state index contributed by atoms with van der Waals surface area (Å²) in [5.74, 6) is -0.124. The van der Waals surface area contributed by atoms with Crippen LogP contribution in [-0.4, -0.2) is 36.4 Å². The van der Waals surface area contributed by atoms with Crippen molar-refractivity contribution in [1.82, 2.24) is 10.2 Å². The number of carbonyl (C=O) groups excluding carboxylic acids is 2. The minimum atomic E-state index is -0.161. The van der Waals surface area contributed by atoms with Gasteiger partial charge in [0.15, 0.2) is 0 Å². The van der Waals surface area contributed by atoms with Crippen molar-refractivity contribution in [2.75, 3.05) is 19.7 Å². The minimum Gasteiger partial charge on any atom is -0.377 e. The molecule has 5 nitrogen and oxygen atoms in total. The molecule has 2 aromatic rings. The van der Waals surface area contributed by atoms with Gasteiger partial charge in [0.25, 0.3) is 5.91 Å². The van der Waals surface area contributed by atoms with E-state index in [4.69, 9.17) is 4.74 Å². The number of aryl methyl sites for hydroxylation is 2. The molecule has 0 spiro atoms. The number of nitrogens with one attached hydrogen (secondary N) is 1. The highest BCUT2D eigenvalue weighted by Crippen LogP contribution is 2.20. The van der Waals surface area contributed by atoms with Crippen molar-refractivity contribution in [3.63, 3.8) is 0 Å². The Morgan fingerprint density at radius 3 is 2.40 bits per heavy atom. The Morgan fingerprint density at radius 1 is 1.07 bits per heavy atom. The molecular weight excluding hydrogens is 376 g/mol. The van der Waals surface area contributed by atoms with Crippen molar-refractivity contribution < 1.29 is 14.3 Å². The van der Waals surface area contributed by atoms with Crippen molar-refractivity contribution in [2.45, 2.75) is 46.8 Å². The smallest absolute Gasteiger partial charge is 0.253 e. The number of ether oxygens (including phenoxy) is 1. The summed E-state index contributed by atoms with van der Waals surface area (Å²) in [7, 11) is 0. The van der Waals surface area contributed by atoms with E-state index in [2.05, 4.69) is 11.4 Å². The van der Waals surface area contributed by atoms with E-state index >= 15 is 0 Å². The van der Waals surface area contributed by atoms with Gasteiger partial charge in [-0.3, -0.25) is 9.59 Å². The summed E-state index contributed by atoms with van der Waals surface area (Å²) in [6.45, 7) is 8.96. The third-order valence-corrected chi connectivity index (χ3v) is 5.51. The predicted octanol–water partition coefficient (Wildman–Crippen LogP) is 4.01. The summed E-state index contributed by atoms with van der Waals surface area (Å²) in [5.41, 5.74) is 5.05. The standard InChI is InChI=1S/C25H32N2O3/c1-4-30-17-21-9-7-20(8-10-21)15-26-24(28)22-6-5-11-27(16-22)25(29)23-13-18(2)12-19(3)14-23/h7-10,12-14,22H,4-6,11,15-17H2,1-3H3,(H,26,28). The SMILES string of the molecule is CCOCc1ccc(CNC(=O)C2CCCN(C(=O)c3cc(C)cc(C)c3)C2)cc1. The molecule has 1 aliphatic heterocycles. The van der Waals surface area contributed by atoms with E-state index in [0.717, 1.165) is 35.1 Å². The highest BCUT2D eigenvalue weighted by molar-refractivity contribution is 5.95. The number of nitrogens with zero attached hydrogens (tertiary/aromatic N) is 1. The fourth-order valence-corrected chi connectivity index (χ4v) is 3.96. The minimum absolute atomic E-state index is 0.0178.